The van der Waals surface area contributed by atoms with Crippen LogP contribution in [0.3, 0.4) is 0 Å². The fourth-order valence-corrected chi connectivity index (χ4v) is 5.67. The van der Waals surface area contributed by atoms with E-state index >= 15 is 0 Å². The molecule has 1 fully saturated rings. The first-order chi connectivity index (χ1) is 14.8. The molecule has 2 heterocycles. The van der Waals surface area contributed by atoms with Crippen LogP contribution in [0.15, 0.2) is 47.4 Å². The largest absolute Gasteiger partial charge is 0.355 e. The maximum atomic E-state index is 13.6. The zero-order chi connectivity index (χ0) is 22.2. The molecule has 2 aromatic carbocycles. The van der Waals surface area contributed by atoms with Crippen molar-refractivity contribution in [1.82, 2.24) is 19.2 Å². The van der Waals surface area contributed by atoms with Crippen molar-refractivity contribution >= 4 is 38.6 Å². The summed E-state index contributed by atoms with van der Waals surface area (Å²) in [6, 6.07) is 11.0. The molecule has 1 amide bonds. The second-order valence-electron chi connectivity index (χ2n) is 7.85. The maximum absolute atomic E-state index is 13.6. The lowest BCUT2D eigenvalue weighted by molar-refractivity contribution is -0.124. The third kappa shape index (κ3) is 4.33. The second-order valence-corrected chi connectivity index (χ2v) is 10.2. The molecule has 1 N–H and O–H groups in total. The number of hydrogen-bond donors (Lipinski definition) is 1. The number of fused-ring (bicyclic) bond motifs is 1. The van der Waals surface area contributed by atoms with Crippen LogP contribution in [-0.4, -0.2) is 40.8 Å². The third-order valence-electron chi connectivity index (χ3n) is 5.78. The number of nitrogens with one attached hydrogen (secondary N) is 1. The fraction of sp³-hybridized carbons (Fsp3) is 0.364. The Morgan fingerprint density at radius 3 is 2.68 bits per heavy atom. The van der Waals surface area contributed by atoms with Crippen molar-refractivity contribution in [3.05, 3.63) is 58.9 Å². The highest BCUT2D eigenvalue weighted by Gasteiger charge is 2.36. The smallest absolute Gasteiger partial charge is 0.244 e. The molecule has 1 aliphatic rings. The zero-order valence-electron chi connectivity index (χ0n) is 17.5. The van der Waals surface area contributed by atoms with E-state index in [0.717, 1.165) is 35.3 Å². The number of carbonyl (C=O) groups is 1. The van der Waals surface area contributed by atoms with Crippen LogP contribution in [-0.2, 0) is 28.4 Å². The Kier molecular flexibility index (Phi) is 6.05. The minimum absolute atomic E-state index is 0.0865. The van der Waals surface area contributed by atoms with Crippen LogP contribution in [0.4, 0.5) is 0 Å². The van der Waals surface area contributed by atoms with Gasteiger partial charge in [0.15, 0.2) is 0 Å². The molecule has 1 saturated heterocycles. The molecule has 4 rings (SSSR count). The highest BCUT2D eigenvalue weighted by molar-refractivity contribution is 7.89. The Bertz CT molecular complexity index is 1220. The highest BCUT2D eigenvalue weighted by atomic mass is 35.5. The number of halogens is 1. The molecule has 1 aliphatic heterocycles. The average Bonchev–Trinajstić information content (AvgIpc) is 2.89. The molecule has 31 heavy (non-hydrogen) atoms. The first-order valence-corrected chi connectivity index (χ1v) is 12.1. The van der Waals surface area contributed by atoms with Gasteiger partial charge >= 0.3 is 0 Å². The monoisotopic (exact) mass is 460 g/mol. The number of amides is 1. The lowest BCUT2D eigenvalue weighted by Crippen LogP contribution is -2.48. The van der Waals surface area contributed by atoms with Gasteiger partial charge in [0.2, 0.25) is 15.9 Å². The number of aryl methyl sites for hydroxylation is 2. The Labute approximate surface area is 187 Å². The summed E-state index contributed by atoms with van der Waals surface area (Å²) in [5.41, 5.74) is 2.57. The van der Waals surface area contributed by atoms with Crippen LogP contribution in [0.1, 0.15) is 30.7 Å². The van der Waals surface area contributed by atoms with Crippen molar-refractivity contribution in [2.75, 3.05) is 6.54 Å². The molecule has 164 valence electrons. The van der Waals surface area contributed by atoms with Crippen molar-refractivity contribution in [2.24, 2.45) is 7.05 Å². The zero-order valence-corrected chi connectivity index (χ0v) is 19.1. The number of carbonyl (C=O) groups excluding carboxylic acids is 1. The minimum Gasteiger partial charge on any atom is -0.355 e. The van der Waals surface area contributed by atoms with E-state index in [9.17, 15) is 13.2 Å². The summed E-state index contributed by atoms with van der Waals surface area (Å²) in [5, 5.41) is 3.31. The molecular weight excluding hydrogens is 436 g/mol. The van der Waals surface area contributed by atoms with Crippen molar-refractivity contribution in [3.8, 4) is 0 Å². The number of imidazole rings is 1. The summed E-state index contributed by atoms with van der Waals surface area (Å²) in [6.07, 6.45) is 2.08. The van der Waals surface area contributed by atoms with Gasteiger partial charge in [0.25, 0.3) is 0 Å². The normalized spacial score (nSPS) is 17.7. The van der Waals surface area contributed by atoms with E-state index in [0.29, 0.717) is 18.0 Å². The Balaban J connectivity index is 1.77. The number of nitrogens with zero attached hydrogens (tertiary/aromatic N) is 3. The molecule has 0 bridgehead atoms. The summed E-state index contributed by atoms with van der Waals surface area (Å²) < 4.78 is 30.5. The number of hydrogen-bond acceptors (Lipinski definition) is 4. The van der Waals surface area contributed by atoms with Crippen LogP contribution in [0.2, 0.25) is 5.02 Å². The van der Waals surface area contributed by atoms with Gasteiger partial charge < -0.3 is 9.88 Å². The topological polar surface area (TPSA) is 84.3 Å². The summed E-state index contributed by atoms with van der Waals surface area (Å²) in [6.45, 7) is 2.57. The minimum atomic E-state index is -3.93. The van der Waals surface area contributed by atoms with Gasteiger partial charge in [-0.05, 0) is 68.1 Å². The Hall–Kier alpha value is -2.42. The van der Waals surface area contributed by atoms with Crippen molar-refractivity contribution in [3.63, 3.8) is 0 Å². The molecule has 0 radical (unpaired) electrons. The molecule has 0 aliphatic carbocycles. The molecular formula is C22H25ClN4O3S. The SMILES string of the molecule is Cc1nc2ccc(CN([C@@H]3CCCCNC3=O)S(=O)(=O)c3ccc(Cl)cc3)cc2n1C. The molecule has 1 aromatic heterocycles. The molecule has 7 nitrogen and oxygen atoms in total. The van der Waals surface area contributed by atoms with Crippen molar-refractivity contribution in [2.45, 2.75) is 43.7 Å². The lowest BCUT2D eigenvalue weighted by Gasteiger charge is -2.29. The van der Waals surface area contributed by atoms with E-state index < -0.39 is 16.1 Å². The van der Waals surface area contributed by atoms with Gasteiger partial charge in [0.1, 0.15) is 11.9 Å². The van der Waals surface area contributed by atoms with E-state index in [2.05, 4.69) is 10.3 Å². The average molecular weight is 461 g/mol. The van der Waals surface area contributed by atoms with E-state index in [1.54, 1.807) is 12.1 Å². The predicted octanol–water partition coefficient (Wildman–Crippen LogP) is 3.39. The van der Waals surface area contributed by atoms with E-state index in [1.165, 1.54) is 16.4 Å². The van der Waals surface area contributed by atoms with Gasteiger partial charge in [0, 0.05) is 25.2 Å². The first-order valence-electron chi connectivity index (χ1n) is 10.2. The second kappa shape index (κ2) is 8.61. The third-order valence-corrected chi connectivity index (χ3v) is 7.90. The fourth-order valence-electron chi connectivity index (χ4n) is 3.94. The summed E-state index contributed by atoms with van der Waals surface area (Å²) in [5.74, 6) is 0.619. The summed E-state index contributed by atoms with van der Waals surface area (Å²) >= 11 is 5.96. The van der Waals surface area contributed by atoms with Crippen LogP contribution in [0.5, 0.6) is 0 Å². The van der Waals surface area contributed by atoms with E-state index in [4.69, 9.17) is 11.6 Å². The Morgan fingerprint density at radius 1 is 1.19 bits per heavy atom. The maximum Gasteiger partial charge on any atom is 0.244 e. The Morgan fingerprint density at radius 2 is 1.94 bits per heavy atom. The van der Waals surface area contributed by atoms with Gasteiger partial charge in [-0.2, -0.15) is 4.31 Å². The van der Waals surface area contributed by atoms with Gasteiger partial charge in [-0.15, -0.1) is 0 Å². The molecule has 9 heteroatoms. The van der Waals surface area contributed by atoms with Crippen LogP contribution in [0.25, 0.3) is 11.0 Å². The summed E-state index contributed by atoms with van der Waals surface area (Å²) in [7, 11) is -2.01. The van der Waals surface area contributed by atoms with Gasteiger partial charge in [-0.3, -0.25) is 4.79 Å². The van der Waals surface area contributed by atoms with Crippen molar-refractivity contribution < 1.29 is 13.2 Å². The highest BCUT2D eigenvalue weighted by Crippen LogP contribution is 2.27. The number of aromatic nitrogens is 2. The standard InChI is InChI=1S/C22H25ClN4O3S/c1-15-25-19-11-6-16(13-21(19)26(15)2)14-27(20-5-3-4-12-24-22(20)28)31(29,30)18-9-7-17(23)8-10-18/h6-11,13,20H,3-5,12,14H2,1-2H3,(H,24,28)/t20-/m1/s1. The number of benzene rings is 2. The lowest BCUT2D eigenvalue weighted by atomic mass is 10.1. The molecule has 0 spiro atoms. The quantitative estimate of drug-likeness (QED) is 0.632. The molecule has 0 unspecified atom stereocenters. The van der Waals surface area contributed by atoms with E-state index in [-0.39, 0.29) is 17.3 Å². The van der Waals surface area contributed by atoms with Crippen LogP contribution < -0.4 is 5.32 Å². The number of sulfonamides is 1. The van der Waals surface area contributed by atoms with Gasteiger partial charge in [-0.1, -0.05) is 17.7 Å². The molecule has 0 saturated carbocycles. The van der Waals surface area contributed by atoms with Gasteiger partial charge in [0.05, 0.1) is 15.9 Å². The van der Waals surface area contributed by atoms with Crippen LogP contribution in [0, 0.1) is 6.92 Å². The van der Waals surface area contributed by atoms with E-state index in [1.807, 2.05) is 36.7 Å². The molecule has 3 aromatic rings. The molecule has 1 atom stereocenters. The van der Waals surface area contributed by atoms with Crippen LogP contribution >= 0.6 is 11.6 Å². The first kappa shape index (κ1) is 21.8. The predicted molar refractivity (Wildman–Crippen MR) is 120 cm³/mol. The van der Waals surface area contributed by atoms with Gasteiger partial charge in [-0.25, -0.2) is 13.4 Å². The number of rotatable bonds is 5. The van der Waals surface area contributed by atoms with Crippen molar-refractivity contribution in [1.29, 1.82) is 0 Å². The summed E-state index contributed by atoms with van der Waals surface area (Å²) in [4.78, 5) is 17.4.